The molecule has 0 aliphatic carbocycles. The molecule has 0 amide bonds. The van der Waals surface area contributed by atoms with Crippen molar-refractivity contribution in [3.05, 3.63) is 48.5 Å². The van der Waals surface area contributed by atoms with Gasteiger partial charge in [-0.05, 0) is 12.1 Å². The minimum atomic E-state index is -0.382. The van der Waals surface area contributed by atoms with Crippen LogP contribution < -0.4 is 11.2 Å². The van der Waals surface area contributed by atoms with Gasteiger partial charge in [-0.1, -0.05) is 11.6 Å². The Kier molecular flexibility index (Phi) is 3.02. The fourth-order valence-corrected chi connectivity index (χ4v) is 3.21. The Morgan fingerprint density at radius 1 is 1.25 bits per heavy atom. The number of thiophene rings is 1. The summed E-state index contributed by atoms with van der Waals surface area (Å²) in [5, 5.41) is 0. The summed E-state index contributed by atoms with van der Waals surface area (Å²) < 4.78 is 4.89. The highest BCUT2D eigenvalue weighted by Crippen LogP contribution is 2.22. The van der Waals surface area contributed by atoms with Crippen molar-refractivity contribution < 1.29 is 0 Å². The summed E-state index contributed by atoms with van der Waals surface area (Å²) in [6.45, 7) is 0.501. The van der Waals surface area contributed by atoms with Crippen molar-refractivity contribution in [2.75, 3.05) is 0 Å². The summed E-state index contributed by atoms with van der Waals surface area (Å²) in [4.78, 5) is 29.3. The van der Waals surface area contributed by atoms with Crippen molar-refractivity contribution in [1.82, 2.24) is 18.7 Å². The van der Waals surface area contributed by atoms with Crippen LogP contribution in [-0.2, 0) is 20.6 Å². The van der Waals surface area contributed by atoms with Gasteiger partial charge in [0.05, 0.1) is 17.2 Å². The van der Waals surface area contributed by atoms with Crippen LogP contribution in [0, 0.1) is 0 Å². The van der Waals surface area contributed by atoms with Gasteiger partial charge in [-0.3, -0.25) is 13.9 Å². The normalized spacial score (nSPS) is 11.3. The molecular weight excluding hydrogens is 300 g/mol. The average Bonchev–Trinajstić information content (AvgIpc) is 3.01. The Labute approximate surface area is 122 Å². The second kappa shape index (κ2) is 4.60. The third-order valence-corrected chi connectivity index (χ3v) is 4.39. The molecule has 0 unspecified atom stereocenters. The zero-order valence-electron chi connectivity index (χ0n) is 10.8. The van der Waals surface area contributed by atoms with E-state index in [1.165, 1.54) is 23.0 Å². The Balaban J connectivity index is 2.23. The molecule has 3 aromatic heterocycles. The van der Waals surface area contributed by atoms with E-state index in [1.807, 2.05) is 12.1 Å². The fraction of sp³-hybridized carbons (Fsp3) is 0.250. The molecule has 0 aliphatic heterocycles. The van der Waals surface area contributed by atoms with Crippen molar-refractivity contribution in [3.8, 4) is 0 Å². The summed E-state index contributed by atoms with van der Waals surface area (Å²) >= 11 is 7.36. The highest BCUT2D eigenvalue weighted by Gasteiger charge is 2.14. The van der Waals surface area contributed by atoms with Crippen molar-refractivity contribution in [2.45, 2.75) is 6.54 Å². The SMILES string of the molecule is Cn1c(=O)c2c(ncn2Cc2ccc(Cl)s2)n(C)c1=O. The fourth-order valence-electron chi connectivity index (χ4n) is 2.12. The number of hydrogen-bond acceptors (Lipinski definition) is 4. The molecule has 0 saturated heterocycles. The van der Waals surface area contributed by atoms with Gasteiger partial charge in [0.25, 0.3) is 5.56 Å². The predicted molar refractivity (Wildman–Crippen MR) is 78.6 cm³/mol. The standard InChI is InChI=1S/C12H11ClN4O2S/c1-15-10-9(11(18)16(2)12(15)19)17(6-14-10)5-7-3-4-8(13)20-7/h3-4,6H,5H2,1-2H3. The number of nitrogens with zero attached hydrogens (tertiary/aromatic N) is 4. The summed E-state index contributed by atoms with van der Waals surface area (Å²) in [5.74, 6) is 0. The molecule has 0 atom stereocenters. The van der Waals surface area contributed by atoms with Gasteiger partial charge < -0.3 is 4.57 Å². The minimum absolute atomic E-state index is 0.344. The van der Waals surface area contributed by atoms with Crippen LogP contribution in [0.4, 0.5) is 0 Å². The molecular formula is C12H11ClN4O2S. The smallest absolute Gasteiger partial charge is 0.319 e. The Bertz CT molecular complexity index is 918. The molecule has 3 aromatic rings. The van der Waals surface area contributed by atoms with E-state index < -0.39 is 0 Å². The largest absolute Gasteiger partial charge is 0.332 e. The van der Waals surface area contributed by atoms with Crippen LogP contribution in [0.5, 0.6) is 0 Å². The van der Waals surface area contributed by atoms with E-state index in [0.29, 0.717) is 22.0 Å². The summed E-state index contributed by atoms with van der Waals surface area (Å²) in [6.07, 6.45) is 1.57. The number of halogens is 1. The van der Waals surface area contributed by atoms with Gasteiger partial charge in [-0.2, -0.15) is 0 Å². The summed E-state index contributed by atoms with van der Waals surface area (Å²) in [6, 6.07) is 3.72. The molecule has 0 N–H and O–H groups in total. The van der Waals surface area contributed by atoms with E-state index in [-0.39, 0.29) is 11.2 Å². The van der Waals surface area contributed by atoms with Crippen LogP contribution in [0.15, 0.2) is 28.0 Å². The topological polar surface area (TPSA) is 61.8 Å². The molecule has 0 fully saturated rings. The third kappa shape index (κ3) is 1.90. The number of rotatable bonds is 2. The molecule has 3 heterocycles. The lowest BCUT2D eigenvalue weighted by Crippen LogP contribution is -2.37. The minimum Gasteiger partial charge on any atom is -0.319 e. The van der Waals surface area contributed by atoms with Crippen LogP contribution in [0.3, 0.4) is 0 Å². The quantitative estimate of drug-likeness (QED) is 0.714. The van der Waals surface area contributed by atoms with Crippen molar-refractivity contribution >= 4 is 34.1 Å². The van der Waals surface area contributed by atoms with Gasteiger partial charge in [0.1, 0.15) is 0 Å². The van der Waals surface area contributed by atoms with Gasteiger partial charge in [0, 0.05) is 19.0 Å². The van der Waals surface area contributed by atoms with E-state index in [1.54, 1.807) is 17.9 Å². The van der Waals surface area contributed by atoms with E-state index in [4.69, 9.17) is 11.6 Å². The number of imidazole rings is 1. The van der Waals surface area contributed by atoms with Crippen LogP contribution in [0.2, 0.25) is 4.34 Å². The second-order valence-electron chi connectivity index (χ2n) is 4.46. The molecule has 6 nitrogen and oxygen atoms in total. The molecule has 8 heteroatoms. The van der Waals surface area contributed by atoms with E-state index in [9.17, 15) is 9.59 Å². The van der Waals surface area contributed by atoms with Gasteiger partial charge >= 0.3 is 5.69 Å². The molecule has 0 radical (unpaired) electrons. The molecule has 20 heavy (non-hydrogen) atoms. The zero-order chi connectivity index (χ0) is 14.4. The second-order valence-corrected chi connectivity index (χ2v) is 6.26. The van der Waals surface area contributed by atoms with Crippen LogP contribution in [0.1, 0.15) is 4.88 Å². The van der Waals surface area contributed by atoms with Gasteiger partial charge in [0.2, 0.25) is 0 Å². The van der Waals surface area contributed by atoms with Crippen LogP contribution >= 0.6 is 22.9 Å². The lowest BCUT2D eigenvalue weighted by Gasteiger charge is -2.05. The van der Waals surface area contributed by atoms with Crippen LogP contribution in [0.25, 0.3) is 11.2 Å². The first kappa shape index (κ1) is 13.1. The number of aryl methyl sites for hydroxylation is 1. The Morgan fingerprint density at radius 3 is 2.65 bits per heavy atom. The molecule has 0 aromatic carbocycles. The lowest BCUT2D eigenvalue weighted by molar-refractivity contribution is 0.703. The first-order chi connectivity index (χ1) is 9.49. The van der Waals surface area contributed by atoms with Gasteiger partial charge in [-0.15, -0.1) is 11.3 Å². The first-order valence-corrected chi connectivity index (χ1v) is 7.03. The maximum absolute atomic E-state index is 12.2. The van der Waals surface area contributed by atoms with Crippen LogP contribution in [-0.4, -0.2) is 18.7 Å². The average molecular weight is 311 g/mol. The molecule has 0 bridgehead atoms. The summed E-state index contributed by atoms with van der Waals surface area (Å²) in [7, 11) is 3.06. The zero-order valence-corrected chi connectivity index (χ0v) is 12.4. The summed E-state index contributed by atoms with van der Waals surface area (Å²) in [5.41, 5.74) is 0.0787. The lowest BCUT2D eigenvalue weighted by atomic mass is 10.4. The number of hydrogen-bond donors (Lipinski definition) is 0. The van der Waals surface area contributed by atoms with E-state index in [2.05, 4.69) is 4.98 Å². The third-order valence-electron chi connectivity index (χ3n) is 3.17. The van der Waals surface area contributed by atoms with Gasteiger partial charge in [0.15, 0.2) is 11.2 Å². The molecule has 0 aliphatic rings. The number of aromatic nitrogens is 4. The van der Waals surface area contributed by atoms with Gasteiger partial charge in [-0.25, -0.2) is 9.78 Å². The molecule has 0 saturated carbocycles. The van der Waals surface area contributed by atoms with Crippen molar-refractivity contribution in [2.24, 2.45) is 14.1 Å². The molecule has 3 rings (SSSR count). The molecule has 0 spiro atoms. The highest BCUT2D eigenvalue weighted by atomic mass is 35.5. The van der Waals surface area contributed by atoms with Crippen molar-refractivity contribution in [1.29, 1.82) is 0 Å². The maximum atomic E-state index is 12.2. The monoisotopic (exact) mass is 310 g/mol. The first-order valence-electron chi connectivity index (χ1n) is 5.84. The Morgan fingerprint density at radius 2 is 2.00 bits per heavy atom. The predicted octanol–water partition coefficient (Wildman–Crippen LogP) is 1.20. The number of fused-ring (bicyclic) bond motifs is 1. The van der Waals surface area contributed by atoms with E-state index >= 15 is 0 Å². The Hall–Kier alpha value is -1.86. The maximum Gasteiger partial charge on any atom is 0.332 e. The van der Waals surface area contributed by atoms with Crippen molar-refractivity contribution in [3.63, 3.8) is 0 Å². The molecule has 104 valence electrons. The highest BCUT2D eigenvalue weighted by molar-refractivity contribution is 7.16. The van der Waals surface area contributed by atoms with E-state index in [0.717, 1.165) is 9.44 Å².